The molecule has 1 N–H and O–H groups in total. The number of rotatable bonds is 7. The molecule has 0 spiro atoms. The second kappa shape index (κ2) is 10.1. The molecule has 36 heavy (non-hydrogen) atoms. The van der Waals surface area contributed by atoms with Gasteiger partial charge in [0.05, 0.1) is 48.9 Å². The molecule has 1 aliphatic heterocycles. The smallest absolute Gasteiger partial charge is 0.188 e. The molecule has 1 fully saturated rings. The summed E-state index contributed by atoms with van der Waals surface area (Å²) in [5, 5.41) is 11.3. The molecule has 1 saturated heterocycles. The molecule has 0 amide bonds. The summed E-state index contributed by atoms with van der Waals surface area (Å²) < 4.78 is 24.2. The van der Waals surface area contributed by atoms with Crippen LogP contribution in [0, 0.1) is 12.7 Å². The lowest BCUT2D eigenvalue weighted by Crippen LogP contribution is -2.38. The van der Waals surface area contributed by atoms with Crippen LogP contribution in [0.5, 0.6) is 0 Å². The molecule has 0 atom stereocenters. The second-order valence-corrected chi connectivity index (χ2v) is 10.3. The summed E-state index contributed by atoms with van der Waals surface area (Å²) in [4.78, 5) is 11.4. The van der Waals surface area contributed by atoms with Gasteiger partial charge in [-0.1, -0.05) is 6.07 Å². The summed E-state index contributed by atoms with van der Waals surface area (Å²) >= 11 is 1.53. The van der Waals surface area contributed by atoms with Crippen molar-refractivity contribution in [1.82, 2.24) is 29.2 Å². The van der Waals surface area contributed by atoms with Crippen LogP contribution in [0.4, 0.5) is 15.3 Å². The number of ether oxygens (including phenoxy) is 1. The summed E-state index contributed by atoms with van der Waals surface area (Å²) in [6.07, 6.45) is 7.87. The number of anilines is 2. The van der Waals surface area contributed by atoms with Gasteiger partial charge in [-0.25, -0.2) is 19.0 Å². The molecule has 1 aliphatic carbocycles. The summed E-state index contributed by atoms with van der Waals surface area (Å²) in [5.74, 6) is 0.749. The molecule has 0 unspecified atom stereocenters. The molecule has 0 radical (unpaired) electrons. The van der Waals surface area contributed by atoms with Crippen molar-refractivity contribution >= 4 is 22.3 Å². The van der Waals surface area contributed by atoms with Crippen LogP contribution in [0.15, 0.2) is 36.1 Å². The van der Waals surface area contributed by atoms with Crippen LogP contribution in [-0.4, -0.2) is 62.1 Å². The largest absolute Gasteiger partial charge is 0.379 e. The molecule has 1 aromatic carbocycles. The van der Waals surface area contributed by atoms with Crippen LogP contribution in [0.1, 0.15) is 29.8 Å². The third-order valence-electron chi connectivity index (χ3n) is 6.92. The van der Waals surface area contributed by atoms with Crippen LogP contribution in [-0.2, 0) is 24.1 Å². The van der Waals surface area contributed by atoms with Crippen molar-refractivity contribution in [2.75, 3.05) is 38.2 Å². The van der Waals surface area contributed by atoms with E-state index in [9.17, 15) is 4.39 Å². The highest BCUT2D eigenvalue weighted by Crippen LogP contribution is 2.33. The van der Waals surface area contributed by atoms with E-state index in [1.54, 1.807) is 17.0 Å². The van der Waals surface area contributed by atoms with Gasteiger partial charge in [0.15, 0.2) is 5.13 Å². The average Bonchev–Trinajstić information content (AvgIpc) is 3.63. The summed E-state index contributed by atoms with van der Waals surface area (Å²) in [5.41, 5.74) is 5.34. The lowest BCUT2D eigenvalue weighted by atomic mass is 9.97. The van der Waals surface area contributed by atoms with Crippen LogP contribution in [0.25, 0.3) is 16.9 Å². The van der Waals surface area contributed by atoms with Crippen molar-refractivity contribution in [1.29, 1.82) is 0 Å². The molecule has 188 valence electrons. The summed E-state index contributed by atoms with van der Waals surface area (Å²) in [6.45, 7) is 7.19. The van der Waals surface area contributed by atoms with E-state index < -0.39 is 0 Å². The minimum Gasteiger partial charge on any atom is -0.379 e. The first-order chi connectivity index (χ1) is 17.6. The highest BCUT2D eigenvalue weighted by atomic mass is 32.1. The first kappa shape index (κ1) is 23.3. The second-order valence-electron chi connectivity index (χ2n) is 9.41. The van der Waals surface area contributed by atoms with Gasteiger partial charge in [0.2, 0.25) is 0 Å². The molecule has 4 heterocycles. The van der Waals surface area contributed by atoms with Crippen molar-refractivity contribution in [3.8, 4) is 16.9 Å². The maximum atomic E-state index is 14.9. The van der Waals surface area contributed by atoms with Crippen LogP contribution in [0.2, 0.25) is 0 Å². The van der Waals surface area contributed by atoms with E-state index in [4.69, 9.17) is 14.8 Å². The minimum absolute atomic E-state index is 0.303. The highest BCUT2D eigenvalue weighted by Gasteiger charge is 2.22. The third kappa shape index (κ3) is 4.80. The Labute approximate surface area is 213 Å². The number of hydrogen-bond donors (Lipinski definition) is 1. The van der Waals surface area contributed by atoms with Gasteiger partial charge < -0.3 is 14.6 Å². The molecular formula is C26H30FN7OS. The average molecular weight is 508 g/mol. The van der Waals surface area contributed by atoms with Gasteiger partial charge in [-0.2, -0.15) is 5.10 Å². The monoisotopic (exact) mass is 507 g/mol. The number of halogens is 1. The summed E-state index contributed by atoms with van der Waals surface area (Å²) in [7, 11) is 0. The Balaban J connectivity index is 1.22. The fourth-order valence-electron chi connectivity index (χ4n) is 4.96. The Hall–Kier alpha value is -3.08. The molecule has 10 heteroatoms. The quantitative estimate of drug-likeness (QED) is 0.394. The lowest BCUT2D eigenvalue weighted by molar-refractivity contribution is 0.0360. The number of aryl methyl sites for hydroxylation is 2. The predicted molar refractivity (Wildman–Crippen MR) is 139 cm³/mol. The number of fused-ring (bicyclic) bond motifs is 1. The van der Waals surface area contributed by atoms with E-state index in [1.807, 2.05) is 24.6 Å². The van der Waals surface area contributed by atoms with Gasteiger partial charge in [0, 0.05) is 42.3 Å². The molecule has 4 aromatic rings. The Kier molecular flexibility index (Phi) is 6.56. The van der Waals surface area contributed by atoms with Gasteiger partial charge >= 0.3 is 0 Å². The third-order valence-corrected chi connectivity index (χ3v) is 7.68. The molecule has 0 bridgehead atoms. The van der Waals surface area contributed by atoms with E-state index in [-0.39, 0.29) is 5.82 Å². The number of morpholine rings is 1. The minimum atomic E-state index is -0.303. The highest BCUT2D eigenvalue weighted by molar-refractivity contribution is 7.14. The zero-order valence-electron chi connectivity index (χ0n) is 20.4. The van der Waals surface area contributed by atoms with Gasteiger partial charge in [-0.05, 0) is 44.7 Å². The number of imidazole rings is 1. The number of thiazole rings is 1. The Bertz CT molecular complexity index is 1350. The van der Waals surface area contributed by atoms with E-state index in [2.05, 4.69) is 19.9 Å². The molecular weight excluding hydrogens is 477 g/mol. The normalized spacial score (nSPS) is 16.3. The number of nitrogens with zero attached hydrogens (tertiary/aromatic N) is 6. The number of nitrogens with one attached hydrogen (secondary N) is 1. The predicted octanol–water partition coefficient (Wildman–Crippen LogP) is 4.59. The first-order valence-electron chi connectivity index (χ1n) is 12.6. The lowest BCUT2D eigenvalue weighted by Gasteiger charge is -2.26. The van der Waals surface area contributed by atoms with E-state index in [0.29, 0.717) is 5.69 Å². The topological polar surface area (TPSA) is 73.0 Å². The van der Waals surface area contributed by atoms with Gasteiger partial charge in [-0.15, -0.1) is 11.3 Å². The maximum Gasteiger partial charge on any atom is 0.188 e. The molecule has 6 rings (SSSR count). The van der Waals surface area contributed by atoms with Gasteiger partial charge in [-0.3, -0.25) is 4.90 Å². The van der Waals surface area contributed by atoms with Crippen LogP contribution >= 0.6 is 11.3 Å². The zero-order valence-corrected chi connectivity index (χ0v) is 21.2. The van der Waals surface area contributed by atoms with Crippen molar-refractivity contribution in [2.24, 2.45) is 0 Å². The number of benzene rings is 1. The fraction of sp³-hybridized carbons (Fsp3) is 0.423. The van der Waals surface area contributed by atoms with Crippen molar-refractivity contribution < 1.29 is 9.13 Å². The number of hydrogen-bond acceptors (Lipinski definition) is 7. The standard InChI is InChI=1S/C26H30FN7OS/c1-18-15-33(17-28-18)24-7-6-19(14-21(24)27)23-16-36-26(29-23)30-25-20-4-2-3-5-22(20)31-34(25)9-8-32-10-12-35-13-11-32/h6-7,14-17H,2-5,8-13H2,1H3,(H,29,30). The fourth-order valence-corrected chi connectivity index (χ4v) is 5.68. The van der Waals surface area contributed by atoms with Gasteiger partial charge in [0.1, 0.15) is 11.6 Å². The Morgan fingerprint density at radius 2 is 2.00 bits per heavy atom. The van der Waals surface area contributed by atoms with Crippen molar-refractivity contribution in [2.45, 2.75) is 39.2 Å². The van der Waals surface area contributed by atoms with Crippen LogP contribution < -0.4 is 5.32 Å². The van der Waals surface area contributed by atoms with Crippen molar-refractivity contribution in [3.63, 3.8) is 0 Å². The first-order valence-corrected chi connectivity index (χ1v) is 13.4. The zero-order chi connectivity index (χ0) is 24.5. The van der Waals surface area contributed by atoms with E-state index in [1.165, 1.54) is 41.5 Å². The maximum absolute atomic E-state index is 14.9. The van der Waals surface area contributed by atoms with Crippen LogP contribution in [0.3, 0.4) is 0 Å². The molecule has 8 nitrogen and oxygen atoms in total. The Morgan fingerprint density at radius 3 is 2.81 bits per heavy atom. The SMILES string of the molecule is Cc1cn(-c2ccc(-c3csc(Nc4c5c(nn4CCN4CCOCC4)CCCC5)n3)cc2F)cn1. The molecule has 3 aromatic heterocycles. The number of aromatic nitrogens is 5. The van der Waals surface area contributed by atoms with Crippen molar-refractivity contribution in [3.05, 3.63) is 58.9 Å². The van der Waals surface area contributed by atoms with Gasteiger partial charge in [0.25, 0.3) is 0 Å². The van der Waals surface area contributed by atoms with E-state index in [0.717, 1.165) is 80.1 Å². The Morgan fingerprint density at radius 1 is 1.14 bits per heavy atom. The summed E-state index contributed by atoms with van der Waals surface area (Å²) in [6, 6.07) is 5.22. The molecule has 0 saturated carbocycles. The molecule has 2 aliphatic rings. The van der Waals surface area contributed by atoms with E-state index >= 15 is 0 Å².